The van der Waals surface area contributed by atoms with Gasteiger partial charge in [0.05, 0.1) is 5.52 Å². The van der Waals surface area contributed by atoms with Gasteiger partial charge in [-0.15, -0.1) is 0 Å². The van der Waals surface area contributed by atoms with E-state index in [-0.39, 0.29) is 5.75 Å². The van der Waals surface area contributed by atoms with Crippen molar-refractivity contribution < 1.29 is 9.84 Å². The van der Waals surface area contributed by atoms with Gasteiger partial charge in [-0.2, -0.15) is 5.10 Å². The van der Waals surface area contributed by atoms with E-state index in [0.717, 1.165) is 16.7 Å². The maximum Gasteiger partial charge on any atom is 0.128 e. The van der Waals surface area contributed by atoms with Crippen LogP contribution in [-0.2, 0) is 0 Å². The summed E-state index contributed by atoms with van der Waals surface area (Å²) in [5, 5.41) is 14.8. The maximum absolute atomic E-state index is 9.25. The summed E-state index contributed by atoms with van der Waals surface area (Å²) in [6.45, 7) is 4.19. The van der Waals surface area contributed by atoms with Crippen LogP contribution in [0.15, 0.2) is 48.7 Å². The molecule has 0 fully saturated rings. The molecule has 0 aliphatic rings. The first-order valence-corrected chi connectivity index (χ1v) is 6.57. The highest BCUT2D eigenvalue weighted by Gasteiger charge is 2.05. The van der Waals surface area contributed by atoms with Gasteiger partial charge >= 0.3 is 0 Å². The first-order chi connectivity index (χ1) is 9.61. The fourth-order valence-corrected chi connectivity index (χ4v) is 2.00. The Kier molecular flexibility index (Phi) is 3.06. The molecular weight excluding hydrogens is 252 g/mol. The van der Waals surface area contributed by atoms with E-state index in [9.17, 15) is 5.11 Å². The summed E-state index contributed by atoms with van der Waals surface area (Å²) < 4.78 is 7.70. The molecular formula is C16H16N2O2. The summed E-state index contributed by atoms with van der Waals surface area (Å²) >= 11 is 0. The van der Waals surface area contributed by atoms with Crippen LogP contribution in [-0.4, -0.2) is 14.9 Å². The highest BCUT2D eigenvalue weighted by molar-refractivity contribution is 5.79. The lowest BCUT2D eigenvalue weighted by Gasteiger charge is -2.05. The third-order valence-corrected chi connectivity index (χ3v) is 3.10. The molecule has 0 spiro atoms. The predicted molar refractivity (Wildman–Crippen MR) is 78.3 cm³/mol. The van der Waals surface area contributed by atoms with Gasteiger partial charge < -0.3 is 9.84 Å². The molecule has 0 aliphatic heterocycles. The molecule has 4 nitrogen and oxygen atoms in total. The SMILES string of the molecule is CC(C)n1cc2cc(Oc3ccc(O)cc3)ccc2n1. The zero-order valence-corrected chi connectivity index (χ0v) is 11.4. The Hall–Kier alpha value is -2.49. The molecule has 20 heavy (non-hydrogen) atoms. The Morgan fingerprint density at radius 3 is 2.45 bits per heavy atom. The van der Waals surface area contributed by atoms with Gasteiger partial charge in [-0.05, 0) is 56.3 Å². The minimum absolute atomic E-state index is 0.228. The van der Waals surface area contributed by atoms with Crippen LogP contribution in [0.3, 0.4) is 0 Å². The molecule has 1 aromatic heterocycles. The summed E-state index contributed by atoms with van der Waals surface area (Å²) in [6, 6.07) is 12.8. The van der Waals surface area contributed by atoms with Crippen LogP contribution in [0.1, 0.15) is 19.9 Å². The van der Waals surface area contributed by atoms with E-state index in [1.165, 1.54) is 0 Å². The number of rotatable bonds is 3. The number of aromatic nitrogens is 2. The first kappa shape index (κ1) is 12.5. The second kappa shape index (κ2) is 4.89. The zero-order valence-electron chi connectivity index (χ0n) is 11.4. The summed E-state index contributed by atoms with van der Waals surface area (Å²) in [7, 11) is 0. The van der Waals surface area contributed by atoms with E-state index in [1.807, 2.05) is 29.1 Å². The molecule has 0 radical (unpaired) electrons. The standard InChI is InChI=1S/C16H16N2O2/c1-11(2)18-10-12-9-15(7-8-16(12)17-18)20-14-5-3-13(19)4-6-14/h3-11,19H,1-2H3. The third-order valence-electron chi connectivity index (χ3n) is 3.10. The smallest absolute Gasteiger partial charge is 0.128 e. The topological polar surface area (TPSA) is 47.3 Å². The molecule has 0 unspecified atom stereocenters. The van der Waals surface area contributed by atoms with Gasteiger partial charge in [-0.25, -0.2) is 0 Å². The van der Waals surface area contributed by atoms with Gasteiger partial charge in [0.1, 0.15) is 17.2 Å². The Bertz CT molecular complexity index is 730. The summed E-state index contributed by atoms with van der Waals surface area (Å²) in [6.07, 6.45) is 2.02. The van der Waals surface area contributed by atoms with Crippen LogP contribution >= 0.6 is 0 Å². The van der Waals surface area contributed by atoms with Crippen LogP contribution < -0.4 is 4.74 Å². The maximum atomic E-state index is 9.25. The molecule has 0 amide bonds. The number of ether oxygens (including phenoxy) is 1. The number of phenols is 1. The molecule has 1 heterocycles. The van der Waals surface area contributed by atoms with Crippen molar-refractivity contribution in [3.8, 4) is 17.2 Å². The second-order valence-electron chi connectivity index (χ2n) is 5.02. The second-order valence-corrected chi connectivity index (χ2v) is 5.02. The summed E-state index contributed by atoms with van der Waals surface area (Å²) in [5.41, 5.74) is 0.955. The van der Waals surface area contributed by atoms with Crippen molar-refractivity contribution >= 4 is 10.9 Å². The van der Waals surface area contributed by atoms with Crippen LogP contribution in [0.5, 0.6) is 17.2 Å². The number of fused-ring (bicyclic) bond motifs is 1. The molecule has 0 bridgehead atoms. The molecule has 3 aromatic rings. The van der Waals surface area contributed by atoms with Gasteiger partial charge in [-0.1, -0.05) is 0 Å². The Morgan fingerprint density at radius 2 is 1.75 bits per heavy atom. The Labute approximate surface area is 117 Å². The number of nitrogens with zero attached hydrogens (tertiary/aromatic N) is 2. The molecule has 4 heteroatoms. The average Bonchev–Trinajstić information content (AvgIpc) is 2.85. The largest absolute Gasteiger partial charge is 0.508 e. The van der Waals surface area contributed by atoms with E-state index in [2.05, 4.69) is 18.9 Å². The van der Waals surface area contributed by atoms with Gasteiger partial charge in [0.15, 0.2) is 0 Å². The van der Waals surface area contributed by atoms with Gasteiger partial charge in [0, 0.05) is 17.6 Å². The van der Waals surface area contributed by atoms with Gasteiger partial charge in [0.2, 0.25) is 0 Å². The number of benzene rings is 2. The van der Waals surface area contributed by atoms with E-state index in [1.54, 1.807) is 24.3 Å². The third kappa shape index (κ3) is 2.45. The molecule has 0 saturated heterocycles. The molecule has 0 aliphatic carbocycles. The number of aromatic hydroxyl groups is 1. The molecule has 0 atom stereocenters. The van der Waals surface area contributed by atoms with E-state index < -0.39 is 0 Å². The fraction of sp³-hybridized carbons (Fsp3) is 0.188. The summed E-state index contributed by atoms with van der Waals surface area (Å²) in [4.78, 5) is 0. The fourth-order valence-electron chi connectivity index (χ4n) is 2.00. The highest BCUT2D eigenvalue weighted by atomic mass is 16.5. The van der Waals surface area contributed by atoms with Crippen molar-refractivity contribution in [3.63, 3.8) is 0 Å². The predicted octanol–water partition coefficient (Wildman–Crippen LogP) is 4.12. The monoisotopic (exact) mass is 268 g/mol. The van der Waals surface area contributed by atoms with Crippen LogP contribution in [0, 0.1) is 0 Å². The zero-order chi connectivity index (χ0) is 14.1. The van der Waals surface area contributed by atoms with Crippen molar-refractivity contribution in [2.24, 2.45) is 0 Å². The normalized spacial score (nSPS) is 11.2. The molecule has 2 aromatic carbocycles. The van der Waals surface area contributed by atoms with Crippen molar-refractivity contribution in [1.82, 2.24) is 9.78 Å². The van der Waals surface area contributed by atoms with Crippen LogP contribution in [0.25, 0.3) is 10.9 Å². The number of phenolic OH excluding ortho intramolecular Hbond substituents is 1. The van der Waals surface area contributed by atoms with E-state index in [4.69, 9.17) is 4.74 Å². The first-order valence-electron chi connectivity index (χ1n) is 6.57. The van der Waals surface area contributed by atoms with Gasteiger partial charge in [-0.3, -0.25) is 4.68 Å². The van der Waals surface area contributed by atoms with Gasteiger partial charge in [0.25, 0.3) is 0 Å². The lowest BCUT2D eigenvalue weighted by Crippen LogP contribution is -1.99. The molecule has 0 saturated carbocycles. The lowest BCUT2D eigenvalue weighted by molar-refractivity contribution is 0.464. The highest BCUT2D eigenvalue weighted by Crippen LogP contribution is 2.26. The Morgan fingerprint density at radius 1 is 1.05 bits per heavy atom. The molecule has 1 N–H and O–H groups in total. The average molecular weight is 268 g/mol. The Balaban J connectivity index is 1.90. The minimum Gasteiger partial charge on any atom is -0.508 e. The van der Waals surface area contributed by atoms with Crippen LogP contribution in [0.4, 0.5) is 0 Å². The minimum atomic E-state index is 0.228. The van der Waals surface area contributed by atoms with Crippen molar-refractivity contribution in [2.45, 2.75) is 19.9 Å². The molecule has 3 rings (SSSR count). The number of hydrogen-bond donors (Lipinski definition) is 1. The molecule has 102 valence electrons. The van der Waals surface area contributed by atoms with Crippen molar-refractivity contribution in [1.29, 1.82) is 0 Å². The van der Waals surface area contributed by atoms with Crippen LogP contribution in [0.2, 0.25) is 0 Å². The quantitative estimate of drug-likeness (QED) is 0.777. The van der Waals surface area contributed by atoms with E-state index >= 15 is 0 Å². The van der Waals surface area contributed by atoms with E-state index in [0.29, 0.717) is 11.8 Å². The summed E-state index contributed by atoms with van der Waals surface area (Å²) in [5.74, 6) is 1.68. The van der Waals surface area contributed by atoms with Crippen molar-refractivity contribution in [2.75, 3.05) is 0 Å². The number of hydrogen-bond acceptors (Lipinski definition) is 3. The van der Waals surface area contributed by atoms with Crippen molar-refractivity contribution in [3.05, 3.63) is 48.7 Å². The lowest BCUT2D eigenvalue weighted by atomic mass is 10.2.